The van der Waals surface area contributed by atoms with Crippen LogP contribution in [0.4, 0.5) is 0 Å². The molecule has 0 aromatic carbocycles. The summed E-state index contributed by atoms with van der Waals surface area (Å²) in [5.41, 5.74) is 0. The van der Waals surface area contributed by atoms with E-state index in [1.165, 1.54) is 39.8 Å². The van der Waals surface area contributed by atoms with Crippen LogP contribution in [0.1, 0.15) is 94.5 Å². The average molecular weight is 427 g/mol. The highest BCUT2D eigenvalue weighted by atomic mass is 16.5. The van der Waals surface area contributed by atoms with E-state index in [0.29, 0.717) is 6.42 Å². The molecule has 0 saturated carbocycles. The Kier molecular flexibility index (Phi) is 14.0. The molecule has 0 bridgehead atoms. The molecule has 0 aliphatic heterocycles. The molecule has 0 aromatic rings. The van der Waals surface area contributed by atoms with Gasteiger partial charge in [0.2, 0.25) is 0 Å². The van der Waals surface area contributed by atoms with Crippen LogP contribution in [0.3, 0.4) is 0 Å². The van der Waals surface area contributed by atoms with E-state index in [4.69, 9.17) is 8.85 Å². The number of carbonyl (C=O) groups excluding carboxylic acids is 2. The summed E-state index contributed by atoms with van der Waals surface area (Å²) in [4.78, 5) is 23.1. The number of hydrogen-bond acceptors (Lipinski definition) is 4. The average Bonchev–Trinajstić information content (AvgIpc) is 2.69. The zero-order valence-electron chi connectivity index (χ0n) is 22.4. The van der Waals surface area contributed by atoms with Crippen molar-refractivity contribution in [1.29, 1.82) is 0 Å². The van der Waals surface area contributed by atoms with Gasteiger partial charge in [-0.2, -0.15) is 0 Å². The summed E-state index contributed by atoms with van der Waals surface area (Å²) in [6, 6.07) is 0. The molecule has 30 heavy (non-hydrogen) atoms. The number of unbranched alkanes of at least 4 members (excludes halogenated alkanes) is 8. The summed E-state index contributed by atoms with van der Waals surface area (Å²) in [5.74, 6) is -1.85. The van der Waals surface area contributed by atoms with Crippen molar-refractivity contribution < 1.29 is 28.0 Å². The number of likely N-dealkylation sites (N-methyl/N-ethyl adjacent to an activating group) is 1. The normalized spacial score (nSPS) is 15.1. The molecular weight excluding hydrogens is 378 g/mol. The van der Waals surface area contributed by atoms with Crippen molar-refractivity contribution in [3.8, 4) is 0 Å². The largest absolute Gasteiger partial charge is 0.550 e. The third-order valence-corrected chi connectivity index (χ3v) is 4.68. The second kappa shape index (κ2) is 18.2. The van der Waals surface area contributed by atoms with Crippen molar-refractivity contribution in [3.05, 3.63) is 24.3 Å². The molecule has 0 spiro atoms. The van der Waals surface area contributed by atoms with Gasteiger partial charge in [-0.25, -0.2) is 0 Å². The Morgan fingerprint density at radius 3 is 2.17 bits per heavy atom. The number of aliphatic carboxylic acids is 1. The fourth-order valence-electron chi connectivity index (χ4n) is 3.16. The zero-order valence-corrected chi connectivity index (χ0v) is 19.4. The summed E-state index contributed by atoms with van der Waals surface area (Å²) < 4.78 is 27.5. The molecule has 0 heterocycles. The van der Waals surface area contributed by atoms with Crippen molar-refractivity contribution in [3.63, 3.8) is 0 Å². The lowest BCUT2D eigenvalue weighted by atomic mass is 10.1. The smallest absolute Gasteiger partial charge is 0.306 e. The van der Waals surface area contributed by atoms with Gasteiger partial charge in [0.1, 0.15) is 6.54 Å². The maximum Gasteiger partial charge on any atom is 0.306 e. The number of quaternary nitrogens is 1. The van der Waals surface area contributed by atoms with Gasteiger partial charge in [0, 0.05) is 18.8 Å². The maximum absolute atomic E-state index is 12.1. The lowest BCUT2D eigenvalue weighted by molar-refractivity contribution is -0.873. The predicted octanol–water partition coefficient (Wildman–Crippen LogP) is 4.56. The highest BCUT2D eigenvalue weighted by molar-refractivity contribution is 5.70. The molecule has 0 N–H and O–H groups in total. The number of nitrogens with zero attached hydrogens (tertiary/aromatic N) is 1. The number of esters is 1. The molecule has 174 valence electrons. The Morgan fingerprint density at radius 2 is 1.57 bits per heavy atom. The van der Waals surface area contributed by atoms with E-state index < -0.39 is 35.9 Å². The van der Waals surface area contributed by atoms with Crippen LogP contribution >= 0.6 is 0 Å². The highest BCUT2D eigenvalue weighted by Crippen LogP contribution is 2.11. The van der Waals surface area contributed by atoms with Crippen LogP contribution in [0, 0.1) is 0 Å². The second-order valence-corrected chi connectivity index (χ2v) is 8.54. The van der Waals surface area contributed by atoms with Gasteiger partial charge < -0.3 is 19.1 Å². The van der Waals surface area contributed by atoms with Gasteiger partial charge in [-0.3, -0.25) is 4.79 Å². The summed E-state index contributed by atoms with van der Waals surface area (Å²) in [5, 5.41) is 11.0. The fourth-order valence-corrected chi connectivity index (χ4v) is 3.16. The van der Waals surface area contributed by atoms with Gasteiger partial charge in [-0.15, -0.1) is 0 Å². The molecule has 1 atom stereocenters. The minimum absolute atomic E-state index is 0.113. The van der Waals surface area contributed by atoms with Gasteiger partial charge in [0.05, 0.1) is 25.2 Å². The van der Waals surface area contributed by atoms with Crippen LogP contribution in [-0.4, -0.2) is 50.1 Å². The molecule has 0 saturated heterocycles. The Labute approximate surface area is 189 Å². The number of rotatable bonds is 19. The van der Waals surface area contributed by atoms with Crippen LogP contribution in [-0.2, 0) is 14.3 Å². The number of hydrogen-bond donors (Lipinski definition) is 0. The van der Waals surface area contributed by atoms with Crippen LogP contribution in [0.15, 0.2) is 24.3 Å². The standard InChI is InChI=1S/C25H45NO4/c1-5-6-7-8-9-10-11-12-13-14-15-16-17-18-19-20-25(29)30-23(21-24(27)28)22-26(2,3)4/h9-10,12-13,23H,5-8,11,14-22H2,1-4H3/b10-9-,13-12-/t23-/m1/s1/i2D3. The molecule has 0 aliphatic rings. The van der Waals surface area contributed by atoms with Gasteiger partial charge in [0.15, 0.2) is 6.10 Å². The Balaban J connectivity index is 3.98. The number of ether oxygens (including phenoxy) is 1. The monoisotopic (exact) mass is 426 g/mol. The van der Waals surface area contributed by atoms with Crippen LogP contribution < -0.4 is 5.11 Å². The van der Waals surface area contributed by atoms with Crippen molar-refractivity contribution in [2.75, 3.05) is 27.6 Å². The fraction of sp³-hybridized carbons (Fsp3) is 0.760. The predicted molar refractivity (Wildman–Crippen MR) is 122 cm³/mol. The first kappa shape index (κ1) is 23.1. The minimum Gasteiger partial charge on any atom is -0.550 e. The zero-order chi connectivity index (χ0) is 25.2. The molecule has 5 nitrogen and oxygen atoms in total. The number of carboxylic acids is 1. The van der Waals surface area contributed by atoms with Crippen LogP contribution in [0.5, 0.6) is 0 Å². The number of carboxylic acid groups (broad SMARTS) is 1. The van der Waals surface area contributed by atoms with Crippen molar-refractivity contribution >= 4 is 11.9 Å². The minimum atomic E-state index is -2.34. The first-order valence-corrected chi connectivity index (χ1v) is 11.5. The van der Waals surface area contributed by atoms with Crippen molar-refractivity contribution in [2.45, 2.75) is 96.5 Å². The van der Waals surface area contributed by atoms with Gasteiger partial charge in [-0.05, 0) is 38.5 Å². The summed E-state index contributed by atoms with van der Waals surface area (Å²) >= 11 is 0. The summed E-state index contributed by atoms with van der Waals surface area (Å²) in [7, 11) is 2.92. The Morgan fingerprint density at radius 1 is 0.967 bits per heavy atom. The van der Waals surface area contributed by atoms with Crippen LogP contribution in [0.25, 0.3) is 0 Å². The quantitative estimate of drug-likeness (QED) is 0.131. The molecule has 0 rings (SSSR count). The van der Waals surface area contributed by atoms with E-state index in [1.807, 2.05) is 0 Å². The molecule has 0 fully saturated rings. The second-order valence-electron chi connectivity index (χ2n) is 8.54. The molecule has 0 aromatic heterocycles. The molecule has 0 amide bonds. The summed E-state index contributed by atoms with van der Waals surface area (Å²) in [6.45, 7) is -0.235. The van der Waals surface area contributed by atoms with E-state index in [-0.39, 0.29) is 13.0 Å². The van der Waals surface area contributed by atoms with Crippen molar-refractivity contribution in [1.82, 2.24) is 0 Å². The SMILES string of the molecule is [2H]C([2H])([2H])[N+](C)(C)C[C@@H](CC(=O)[O-])OC(=O)CCCCCCC/C=C\C/C=C\CCCCC. The third kappa shape index (κ3) is 21.1. The van der Waals surface area contributed by atoms with E-state index in [1.54, 1.807) is 0 Å². The third-order valence-electron chi connectivity index (χ3n) is 4.68. The highest BCUT2D eigenvalue weighted by Gasteiger charge is 2.22. The molecule has 0 radical (unpaired) electrons. The first-order chi connectivity index (χ1) is 15.5. The Hall–Kier alpha value is -1.62. The van der Waals surface area contributed by atoms with Gasteiger partial charge in [0.25, 0.3) is 0 Å². The van der Waals surface area contributed by atoms with Gasteiger partial charge in [-0.1, -0.05) is 63.3 Å². The van der Waals surface area contributed by atoms with Crippen molar-refractivity contribution in [2.24, 2.45) is 0 Å². The molecule has 0 unspecified atom stereocenters. The van der Waals surface area contributed by atoms with Gasteiger partial charge >= 0.3 is 5.97 Å². The lowest BCUT2D eigenvalue weighted by Crippen LogP contribution is -2.45. The maximum atomic E-state index is 12.1. The van der Waals surface area contributed by atoms with E-state index in [2.05, 4.69) is 31.2 Å². The summed E-state index contributed by atoms with van der Waals surface area (Å²) in [6.07, 6.45) is 19.5. The van der Waals surface area contributed by atoms with E-state index in [0.717, 1.165) is 38.5 Å². The molecule has 0 aliphatic carbocycles. The molecular formula is C25H45NO4. The topological polar surface area (TPSA) is 66.4 Å². The Bertz CT molecular complexity index is 601. The lowest BCUT2D eigenvalue weighted by Gasteiger charge is -2.29. The molecule has 5 heteroatoms. The van der Waals surface area contributed by atoms with Crippen LogP contribution in [0.2, 0.25) is 0 Å². The number of allylic oxidation sites excluding steroid dienone is 4. The first-order valence-electron chi connectivity index (χ1n) is 13.0. The van der Waals surface area contributed by atoms with E-state index in [9.17, 15) is 14.7 Å². The number of carbonyl (C=O) groups is 2. The van der Waals surface area contributed by atoms with E-state index >= 15 is 0 Å².